The van der Waals surface area contributed by atoms with Crippen molar-refractivity contribution in [2.45, 2.75) is 16.6 Å². The van der Waals surface area contributed by atoms with E-state index in [0.717, 1.165) is 22.9 Å². The predicted octanol–water partition coefficient (Wildman–Crippen LogP) is 0.956. The monoisotopic (exact) mass is 299 g/mol. The van der Waals surface area contributed by atoms with Gasteiger partial charge in [0.05, 0.1) is 9.82 Å². The third-order valence-electron chi connectivity index (χ3n) is 2.10. The van der Waals surface area contributed by atoms with E-state index >= 15 is 0 Å². The molecular formula is C9H6FN5O4S. The summed E-state index contributed by atoms with van der Waals surface area (Å²) >= 11 is 0.714. The highest BCUT2D eigenvalue weighted by Crippen LogP contribution is 2.33. The van der Waals surface area contributed by atoms with Crippen LogP contribution in [0.25, 0.3) is 0 Å². The van der Waals surface area contributed by atoms with Crippen molar-refractivity contribution >= 4 is 23.4 Å². The van der Waals surface area contributed by atoms with Gasteiger partial charge in [0, 0.05) is 6.07 Å². The molecule has 0 spiro atoms. The number of hydrogen-bond donors (Lipinski definition) is 1. The fraction of sp³-hybridized carbons (Fsp3) is 0.111. The molecule has 0 saturated heterocycles. The molecule has 104 valence electrons. The van der Waals surface area contributed by atoms with E-state index in [0.29, 0.717) is 11.8 Å². The standard InChI is InChI=1S/C9H6FN5O4S/c10-5-1-2-6(15(18)19)7(3-5)20-9-11-12-13-14(9)4-8(16)17/h1-3H,4H2,(H,16,17). The number of carboxylic acid groups (broad SMARTS) is 1. The summed E-state index contributed by atoms with van der Waals surface area (Å²) in [6, 6.07) is 2.94. The van der Waals surface area contributed by atoms with Crippen LogP contribution in [-0.4, -0.2) is 36.2 Å². The van der Waals surface area contributed by atoms with Gasteiger partial charge >= 0.3 is 5.97 Å². The first-order valence-electron chi connectivity index (χ1n) is 5.07. The number of hydrogen-bond acceptors (Lipinski definition) is 7. The quantitative estimate of drug-likeness (QED) is 0.639. The van der Waals surface area contributed by atoms with Crippen LogP contribution in [0.4, 0.5) is 10.1 Å². The number of nitrogens with zero attached hydrogens (tertiary/aromatic N) is 5. The van der Waals surface area contributed by atoms with Crippen LogP contribution in [0.2, 0.25) is 0 Å². The minimum atomic E-state index is -1.17. The van der Waals surface area contributed by atoms with Crippen molar-refractivity contribution in [3.63, 3.8) is 0 Å². The third-order valence-corrected chi connectivity index (χ3v) is 3.13. The van der Waals surface area contributed by atoms with Crippen LogP contribution in [0.3, 0.4) is 0 Å². The smallest absolute Gasteiger partial charge is 0.325 e. The van der Waals surface area contributed by atoms with E-state index in [1.54, 1.807) is 0 Å². The van der Waals surface area contributed by atoms with Gasteiger partial charge in [-0.05, 0) is 34.3 Å². The maximum atomic E-state index is 13.2. The van der Waals surface area contributed by atoms with E-state index in [1.807, 2.05) is 0 Å². The number of rotatable bonds is 5. The molecule has 0 unspecified atom stereocenters. The van der Waals surface area contributed by atoms with Crippen LogP contribution < -0.4 is 0 Å². The Morgan fingerprint density at radius 2 is 2.30 bits per heavy atom. The molecule has 9 nitrogen and oxygen atoms in total. The van der Waals surface area contributed by atoms with E-state index < -0.39 is 23.3 Å². The summed E-state index contributed by atoms with van der Waals surface area (Å²) in [5.74, 6) is -1.83. The normalized spacial score (nSPS) is 10.4. The average Bonchev–Trinajstić information content (AvgIpc) is 2.75. The molecule has 2 rings (SSSR count). The lowest BCUT2D eigenvalue weighted by molar-refractivity contribution is -0.387. The number of tetrazole rings is 1. The molecule has 11 heteroatoms. The van der Waals surface area contributed by atoms with Gasteiger partial charge in [-0.2, -0.15) is 0 Å². The molecule has 0 aliphatic heterocycles. The van der Waals surface area contributed by atoms with Crippen molar-refractivity contribution in [3.8, 4) is 0 Å². The van der Waals surface area contributed by atoms with Crippen LogP contribution in [-0.2, 0) is 11.3 Å². The summed E-state index contributed by atoms with van der Waals surface area (Å²) in [6.07, 6.45) is 0. The summed E-state index contributed by atoms with van der Waals surface area (Å²) in [7, 11) is 0. The first-order chi connectivity index (χ1) is 9.47. The fourth-order valence-corrected chi connectivity index (χ4v) is 2.21. The number of aromatic nitrogens is 4. The van der Waals surface area contributed by atoms with Crippen molar-refractivity contribution in [1.29, 1.82) is 0 Å². The lowest BCUT2D eigenvalue weighted by Crippen LogP contribution is -2.11. The van der Waals surface area contributed by atoms with Crippen LogP contribution in [0.15, 0.2) is 28.3 Å². The highest BCUT2D eigenvalue weighted by atomic mass is 32.2. The summed E-state index contributed by atoms with van der Waals surface area (Å²) in [4.78, 5) is 20.8. The number of halogens is 1. The van der Waals surface area contributed by atoms with Gasteiger partial charge in [-0.15, -0.1) is 5.10 Å². The van der Waals surface area contributed by atoms with Gasteiger partial charge in [0.25, 0.3) is 5.69 Å². The van der Waals surface area contributed by atoms with Gasteiger partial charge in [-0.1, -0.05) is 0 Å². The molecule has 1 aromatic carbocycles. The van der Waals surface area contributed by atoms with Crippen molar-refractivity contribution < 1.29 is 19.2 Å². The van der Waals surface area contributed by atoms with Crippen LogP contribution in [0.1, 0.15) is 0 Å². The lowest BCUT2D eigenvalue weighted by Gasteiger charge is -2.02. The van der Waals surface area contributed by atoms with Crippen molar-refractivity contribution in [3.05, 3.63) is 34.1 Å². The topological polar surface area (TPSA) is 124 Å². The largest absolute Gasteiger partial charge is 0.480 e. The molecule has 2 aromatic rings. The molecule has 1 N–H and O–H groups in total. The number of carboxylic acids is 1. The number of carbonyl (C=O) groups is 1. The van der Waals surface area contributed by atoms with E-state index in [4.69, 9.17) is 5.11 Å². The van der Waals surface area contributed by atoms with E-state index in [2.05, 4.69) is 15.5 Å². The third kappa shape index (κ3) is 3.06. The molecule has 0 bridgehead atoms. The highest BCUT2D eigenvalue weighted by molar-refractivity contribution is 7.99. The van der Waals surface area contributed by atoms with Gasteiger partial charge in [0.2, 0.25) is 5.16 Å². The summed E-state index contributed by atoms with van der Waals surface area (Å²) < 4.78 is 14.1. The number of nitro groups is 1. The Bertz CT molecular complexity index is 676. The Kier molecular flexibility index (Phi) is 3.89. The van der Waals surface area contributed by atoms with Crippen LogP contribution in [0.5, 0.6) is 0 Å². The first kappa shape index (κ1) is 13.9. The molecule has 0 radical (unpaired) electrons. The second-order valence-corrected chi connectivity index (χ2v) is 4.49. The van der Waals surface area contributed by atoms with Crippen molar-refractivity contribution in [1.82, 2.24) is 20.2 Å². The molecule has 0 atom stereocenters. The average molecular weight is 299 g/mol. The Morgan fingerprint density at radius 3 is 2.95 bits per heavy atom. The second kappa shape index (κ2) is 5.61. The zero-order chi connectivity index (χ0) is 14.7. The summed E-state index contributed by atoms with van der Waals surface area (Å²) in [5, 5.41) is 29.8. The van der Waals surface area contributed by atoms with Crippen LogP contribution >= 0.6 is 11.8 Å². The molecule has 0 fully saturated rings. The summed E-state index contributed by atoms with van der Waals surface area (Å²) in [5.41, 5.74) is -0.318. The lowest BCUT2D eigenvalue weighted by atomic mass is 10.3. The molecule has 1 aromatic heterocycles. The Hall–Kier alpha value is -2.56. The number of benzene rings is 1. The van der Waals surface area contributed by atoms with E-state index in [9.17, 15) is 19.3 Å². The molecule has 0 saturated carbocycles. The maximum absolute atomic E-state index is 13.2. The molecular weight excluding hydrogens is 293 g/mol. The Morgan fingerprint density at radius 1 is 1.55 bits per heavy atom. The molecule has 0 aliphatic carbocycles. The van der Waals surface area contributed by atoms with E-state index in [1.165, 1.54) is 0 Å². The van der Waals surface area contributed by atoms with Gasteiger partial charge in [-0.25, -0.2) is 9.07 Å². The molecule has 0 aliphatic rings. The van der Waals surface area contributed by atoms with Gasteiger partial charge in [0.1, 0.15) is 12.4 Å². The van der Waals surface area contributed by atoms with Gasteiger partial charge in [-0.3, -0.25) is 14.9 Å². The van der Waals surface area contributed by atoms with E-state index in [-0.39, 0.29) is 15.7 Å². The zero-order valence-corrected chi connectivity index (χ0v) is 10.4. The minimum Gasteiger partial charge on any atom is -0.480 e. The predicted molar refractivity (Wildman–Crippen MR) is 62.6 cm³/mol. The maximum Gasteiger partial charge on any atom is 0.325 e. The minimum absolute atomic E-state index is 0.0149. The van der Waals surface area contributed by atoms with Crippen molar-refractivity contribution in [2.75, 3.05) is 0 Å². The molecule has 20 heavy (non-hydrogen) atoms. The van der Waals surface area contributed by atoms with Crippen molar-refractivity contribution in [2.24, 2.45) is 0 Å². The fourth-order valence-electron chi connectivity index (χ4n) is 1.32. The highest BCUT2D eigenvalue weighted by Gasteiger charge is 2.19. The first-order valence-corrected chi connectivity index (χ1v) is 5.89. The Labute approximate surface area is 114 Å². The Balaban J connectivity index is 2.35. The summed E-state index contributed by atoms with van der Waals surface area (Å²) in [6.45, 7) is -0.502. The zero-order valence-electron chi connectivity index (χ0n) is 9.63. The molecule has 1 heterocycles. The van der Waals surface area contributed by atoms with Gasteiger partial charge < -0.3 is 5.11 Å². The second-order valence-electron chi connectivity index (χ2n) is 3.48. The van der Waals surface area contributed by atoms with Crippen LogP contribution in [0, 0.1) is 15.9 Å². The molecule has 0 amide bonds. The van der Waals surface area contributed by atoms with Gasteiger partial charge in [0.15, 0.2) is 0 Å². The SMILES string of the molecule is O=C(O)Cn1nnnc1Sc1cc(F)ccc1[N+](=O)[O-]. The number of nitro benzene ring substituents is 1. The number of aliphatic carboxylic acids is 1.